The molecular weight excluding hydrogens is 410 g/mol. The molecule has 0 aromatic heterocycles. The maximum atomic E-state index is 11.9. The molecule has 7 nitrogen and oxygen atoms in total. The minimum atomic E-state index is -1.04. The number of aliphatic hydroxyl groups is 1. The summed E-state index contributed by atoms with van der Waals surface area (Å²) in [4.78, 5) is 11.9. The highest BCUT2D eigenvalue weighted by atomic mass is 16.7. The van der Waals surface area contributed by atoms with Crippen molar-refractivity contribution in [3.8, 4) is 5.75 Å². The fourth-order valence-electron chi connectivity index (χ4n) is 4.03. The average molecular weight is 442 g/mol. The third kappa shape index (κ3) is 4.96. The molecule has 2 aliphatic rings. The van der Waals surface area contributed by atoms with Gasteiger partial charge in [0.05, 0.1) is 6.61 Å². The number of benzene rings is 2. The van der Waals surface area contributed by atoms with Gasteiger partial charge in [-0.05, 0) is 23.1 Å². The Labute approximate surface area is 188 Å². The SMILES string of the molecule is CC(=O)N[C@H]1[C@@H](Oc2ccc(C(C)(C)C)cc2)O[C@@H]2CO[C@H](c3ccccc3)O[C@@H]2[C@H]1O. The number of amides is 1. The third-order valence-electron chi connectivity index (χ3n) is 5.78. The van der Waals surface area contributed by atoms with Crippen LogP contribution in [0.1, 0.15) is 45.1 Å². The summed E-state index contributed by atoms with van der Waals surface area (Å²) in [5, 5.41) is 13.9. The van der Waals surface area contributed by atoms with E-state index in [4.69, 9.17) is 18.9 Å². The second-order valence-electron chi connectivity index (χ2n) is 9.33. The molecule has 7 heteroatoms. The topological polar surface area (TPSA) is 86.3 Å². The van der Waals surface area contributed by atoms with Crippen molar-refractivity contribution in [1.82, 2.24) is 5.32 Å². The van der Waals surface area contributed by atoms with Gasteiger partial charge in [-0.1, -0.05) is 63.2 Å². The predicted molar refractivity (Wildman–Crippen MR) is 118 cm³/mol. The number of hydrogen-bond acceptors (Lipinski definition) is 6. The fraction of sp³-hybridized carbons (Fsp3) is 0.480. The molecule has 4 rings (SSSR count). The minimum absolute atomic E-state index is 0.0219. The second-order valence-corrected chi connectivity index (χ2v) is 9.33. The van der Waals surface area contributed by atoms with Crippen molar-refractivity contribution in [2.75, 3.05) is 6.61 Å². The quantitative estimate of drug-likeness (QED) is 0.759. The molecule has 0 spiro atoms. The van der Waals surface area contributed by atoms with E-state index in [1.165, 1.54) is 12.5 Å². The number of nitrogens with one attached hydrogen (secondary N) is 1. The molecule has 2 heterocycles. The van der Waals surface area contributed by atoms with E-state index in [-0.39, 0.29) is 17.9 Å². The molecule has 172 valence electrons. The van der Waals surface area contributed by atoms with E-state index in [0.717, 1.165) is 5.56 Å². The van der Waals surface area contributed by atoms with Crippen LogP contribution >= 0.6 is 0 Å². The van der Waals surface area contributed by atoms with Crippen molar-refractivity contribution in [3.63, 3.8) is 0 Å². The Bertz CT molecular complexity index is 910. The molecule has 2 fully saturated rings. The normalized spacial score (nSPS) is 30.3. The first-order valence-corrected chi connectivity index (χ1v) is 10.9. The first kappa shape index (κ1) is 22.7. The molecule has 2 aliphatic heterocycles. The van der Waals surface area contributed by atoms with Crippen molar-refractivity contribution in [3.05, 3.63) is 65.7 Å². The third-order valence-corrected chi connectivity index (χ3v) is 5.78. The van der Waals surface area contributed by atoms with Gasteiger partial charge in [-0.25, -0.2) is 0 Å². The van der Waals surface area contributed by atoms with Crippen molar-refractivity contribution in [2.45, 2.75) is 70.0 Å². The highest BCUT2D eigenvalue weighted by Crippen LogP contribution is 2.35. The van der Waals surface area contributed by atoms with E-state index in [9.17, 15) is 9.90 Å². The smallest absolute Gasteiger partial charge is 0.223 e. The number of carbonyl (C=O) groups excluding carboxylic acids is 1. The van der Waals surface area contributed by atoms with Crippen LogP contribution in [0, 0.1) is 0 Å². The van der Waals surface area contributed by atoms with Crippen LogP contribution in [0.15, 0.2) is 54.6 Å². The van der Waals surface area contributed by atoms with Gasteiger partial charge in [0, 0.05) is 12.5 Å². The van der Waals surface area contributed by atoms with E-state index in [1.54, 1.807) is 0 Å². The lowest BCUT2D eigenvalue weighted by Gasteiger charge is -2.47. The van der Waals surface area contributed by atoms with Gasteiger partial charge in [0.25, 0.3) is 0 Å². The number of ether oxygens (including phenoxy) is 4. The number of carbonyl (C=O) groups is 1. The van der Waals surface area contributed by atoms with Crippen LogP contribution in [0.25, 0.3) is 0 Å². The lowest BCUT2D eigenvalue weighted by Crippen LogP contribution is -2.67. The summed E-state index contributed by atoms with van der Waals surface area (Å²) in [6.07, 6.45) is -3.75. The van der Waals surface area contributed by atoms with Crippen LogP contribution in [-0.4, -0.2) is 48.3 Å². The van der Waals surface area contributed by atoms with Crippen LogP contribution in [0.2, 0.25) is 0 Å². The van der Waals surface area contributed by atoms with Crippen molar-refractivity contribution >= 4 is 5.91 Å². The predicted octanol–water partition coefficient (Wildman–Crippen LogP) is 3.07. The van der Waals surface area contributed by atoms with Gasteiger partial charge in [-0.2, -0.15) is 0 Å². The molecule has 2 N–H and O–H groups in total. The summed E-state index contributed by atoms with van der Waals surface area (Å²) in [5.74, 6) is 0.295. The van der Waals surface area contributed by atoms with Gasteiger partial charge in [0.15, 0.2) is 6.29 Å². The Hall–Kier alpha value is -2.45. The first-order chi connectivity index (χ1) is 15.2. The number of rotatable bonds is 4. The second kappa shape index (κ2) is 9.19. The summed E-state index contributed by atoms with van der Waals surface area (Å²) < 4.78 is 24.1. The number of aliphatic hydroxyl groups excluding tert-OH is 1. The molecule has 6 atom stereocenters. The molecule has 2 aromatic rings. The van der Waals surface area contributed by atoms with Crippen LogP contribution < -0.4 is 10.1 Å². The summed E-state index contributed by atoms with van der Waals surface area (Å²) in [7, 11) is 0. The molecule has 2 aromatic carbocycles. The monoisotopic (exact) mass is 441 g/mol. The van der Waals surface area contributed by atoms with Crippen LogP contribution in [-0.2, 0) is 24.4 Å². The van der Waals surface area contributed by atoms with E-state index < -0.39 is 36.9 Å². The van der Waals surface area contributed by atoms with Crippen LogP contribution in [0.4, 0.5) is 0 Å². The Morgan fingerprint density at radius 3 is 2.38 bits per heavy atom. The van der Waals surface area contributed by atoms with Gasteiger partial charge < -0.3 is 29.4 Å². The standard InChI is InChI=1S/C25H31NO6/c1-15(27)26-20-21(28)22-19(14-29-23(32-22)16-8-6-5-7-9-16)31-24(20)30-18-12-10-17(11-13-18)25(2,3)4/h5-13,19-24,28H,14H2,1-4H3,(H,26,27)/t19-,20-,21+,22+,23+,24+/m1/s1. The van der Waals surface area contributed by atoms with Crippen molar-refractivity contribution in [2.24, 2.45) is 0 Å². The first-order valence-electron chi connectivity index (χ1n) is 10.9. The number of fused-ring (bicyclic) bond motifs is 1. The van der Waals surface area contributed by atoms with Gasteiger partial charge in [-0.15, -0.1) is 0 Å². The summed E-state index contributed by atoms with van der Waals surface area (Å²) >= 11 is 0. The van der Waals surface area contributed by atoms with E-state index in [0.29, 0.717) is 5.75 Å². The van der Waals surface area contributed by atoms with E-state index in [1.807, 2.05) is 54.6 Å². The van der Waals surface area contributed by atoms with E-state index in [2.05, 4.69) is 26.1 Å². The van der Waals surface area contributed by atoms with Gasteiger partial charge in [0.2, 0.25) is 12.2 Å². The Balaban J connectivity index is 1.51. The zero-order valence-corrected chi connectivity index (χ0v) is 18.9. The molecular formula is C25H31NO6. The summed E-state index contributed by atoms with van der Waals surface area (Å²) in [5.41, 5.74) is 2.05. The van der Waals surface area contributed by atoms with Crippen LogP contribution in [0.3, 0.4) is 0 Å². The Morgan fingerprint density at radius 1 is 1.06 bits per heavy atom. The van der Waals surface area contributed by atoms with E-state index >= 15 is 0 Å². The van der Waals surface area contributed by atoms with Gasteiger partial charge in [0.1, 0.15) is 30.1 Å². The zero-order valence-electron chi connectivity index (χ0n) is 18.9. The lowest BCUT2D eigenvalue weighted by molar-refractivity contribution is -0.333. The minimum Gasteiger partial charge on any atom is -0.463 e. The van der Waals surface area contributed by atoms with Gasteiger partial charge >= 0.3 is 0 Å². The summed E-state index contributed by atoms with van der Waals surface area (Å²) in [6, 6.07) is 16.5. The summed E-state index contributed by atoms with van der Waals surface area (Å²) in [6.45, 7) is 8.05. The largest absolute Gasteiger partial charge is 0.463 e. The molecule has 0 bridgehead atoms. The average Bonchev–Trinajstić information content (AvgIpc) is 2.76. The molecule has 1 amide bonds. The maximum Gasteiger partial charge on any atom is 0.223 e. The number of hydrogen-bond donors (Lipinski definition) is 2. The highest BCUT2D eigenvalue weighted by Gasteiger charge is 2.50. The highest BCUT2D eigenvalue weighted by molar-refractivity contribution is 5.73. The Morgan fingerprint density at radius 2 is 1.75 bits per heavy atom. The van der Waals surface area contributed by atoms with Crippen molar-refractivity contribution in [1.29, 1.82) is 0 Å². The fourth-order valence-corrected chi connectivity index (χ4v) is 4.03. The lowest BCUT2D eigenvalue weighted by atomic mass is 9.87. The maximum absolute atomic E-state index is 11.9. The van der Waals surface area contributed by atoms with Gasteiger partial charge in [-0.3, -0.25) is 4.79 Å². The molecule has 0 aliphatic carbocycles. The molecule has 0 saturated carbocycles. The molecule has 2 saturated heterocycles. The van der Waals surface area contributed by atoms with Crippen molar-refractivity contribution < 1.29 is 28.8 Å². The molecule has 32 heavy (non-hydrogen) atoms. The zero-order chi connectivity index (χ0) is 22.9. The molecule has 0 unspecified atom stereocenters. The Kier molecular flexibility index (Phi) is 6.53. The van der Waals surface area contributed by atoms with Crippen LogP contribution in [0.5, 0.6) is 5.75 Å². The molecule has 0 radical (unpaired) electrons.